The molecule has 0 aliphatic carbocycles. The lowest BCUT2D eigenvalue weighted by Crippen LogP contribution is -2.23. The standard InChI is InChI=1S/C25H33N5O4S.C2HF3O2/c1-6-11-30-21(13-18(4)27-30)16-29(5)24-23(25(31)32)14-20(15-26-24)28-35(33,34)22-9-7-19(8-10-22)12-17(2)3;3-2(4,5)1(6)7/h7-10,13-15,17,28H,6,11-12,16H2,1-5H3,(H,31,32);(H,6,7). The van der Waals surface area contributed by atoms with Crippen molar-refractivity contribution in [3.8, 4) is 0 Å². The molecule has 1 aromatic carbocycles. The number of aromatic nitrogens is 3. The van der Waals surface area contributed by atoms with Crippen molar-refractivity contribution in [3.05, 3.63) is 65.1 Å². The van der Waals surface area contributed by atoms with Crippen LogP contribution in [0.25, 0.3) is 0 Å². The number of hydrogen-bond acceptors (Lipinski definition) is 7. The second-order valence-corrected chi connectivity index (χ2v) is 11.6. The minimum absolute atomic E-state index is 0.0812. The van der Waals surface area contributed by atoms with Crippen LogP contribution in [0.5, 0.6) is 0 Å². The lowest BCUT2D eigenvalue weighted by molar-refractivity contribution is -0.192. The number of alkyl halides is 3. The lowest BCUT2D eigenvalue weighted by Gasteiger charge is -2.21. The molecule has 0 spiro atoms. The van der Waals surface area contributed by atoms with Crippen LogP contribution >= 0.6 is 0 Å². The molecular formula is C27H34F3N5O6S. The first-order chi connectivity index (χ1) is 19.4. The third-order valence-corrected chi connectivity index (χ3v) is 7.05. The Kier molecular flexibility index (Phi) is 11.5. The molecule has 0 radical (unpaired) electrons. The van der Waals surface area contributed by atoms with Crippen LogP contribution in [-0.4, -0.2) is 58.6 Å². The van der Waals surface area contributed by atoms with Gasteiger partial charge in [0, 0.05) is 13.6 Å². The number of carbonyl (C=O) groups is 2. The number of carboxylic acids is 2. The number of benzene rings is 1. The van der Waals surface area contributed by atoms with Crippen LogP contribution in [0.1, 0.15) is 54.5 Å². The number of anilines is 2. The highest BCUT2D eigenvalue weighted by molar-refractivity contribution is 7.92. The van der Waals surface area contributed by atoms with E-state index in [9.17, 15) is 31.5 Å². The molecule has 15 heteroatoms. The fourth-order valence-electron chi connectivity index (χ4n) is 3.91. The second kappa shape index (κ2) is 14.2. The van der Waals surface area contributed by atoms with Crippen molar-refractivity contribution >= 4 is 33.5 Å². The Morgan fingerprint density at radius 2 is 1.71 bits per heavy atom. The summed E-state index contributed by atoms with van der Waals surface area (Å²) in [7, 11) is -2.15. The van der Waals surface area contributed by atoms with Crippen molar-refractivity contribution in [2.75, 3.05) is 16.7 Å². The van der Waals surface area contributed by atoms with E-state index in [0.717, 1.165) is 36.3 Å². The zero-order valence-electron chi connectivity index (χ0n) is 23.8. The van der Waals surface area contributed by atoms with Crippen LogP contribution in [0.4, 0.5) is 24.7 Å². The van der Waals surface area contributed by atoms with Crippen LogP contribution in [-0.2, 0) is 34.3 Å². The highest BCUT2D eigenvalue weighted by Crippen LogP contribution is 2.25. The Hall–Kier alpha value is -4.14. The largest absolute Gasteiger partial charge is 0.490 e. The van der Waals surface area contributed by atoms with Gasteiger partial charge in [-0.05, 0) is 55.5 Å². The molecule has 11 nitrogen and oxygen atoms in total. The average Bonchev–Trinajstić information content (AvgIpc) is 3.21. The monoisotopic (exact) mass is 613 g/mol. The van der Waals surface area contributed by atoms with E-state index in [4.69, 9.17) is 9.90 Å². The Bertz CT molecular complexity index is 1490. The molecule has 0 aliphatic rings. The van der Waals surface area contributed by atoms with Gasteiger partial charge in [0.2, 0.25) is 0 Å². The third-order valence-electron chi connectivity index (χ3n) is 5.65. The first-order valence-electron chi connectivity index (χ1n) is 12.8. The summed E-state index contributed by atoms with van der Waals surface area (Å²) in [5.74, 6) is -3.26. The van der Waals surface area contributed by atoms with Gasteiger partial charge in [0.1, 0.15) is 11.4 Å². The number of aliphatic carboxylic acids is 1. The molecular weight excluding hydrogens is 579 g/mol. The number of carboxylic acid groups (broad SMARTS) is 2. The van der Waals surface area contributed by atoms with Crippen molar-refractivity contribution < 1.29 is 41.4 Å². The molecule has 0 aliphatic heterocycles. The molecule has 0 saturated carbocycles. The Morgan fingerprint density at radius 1 is 1.12 bits per heavy atom. The summed E-state index contributed by atoms with van der Waals surface area (Å²) in [5.41, 5.74) is 2.86. The van der Waals surface area contributed by atoms with Gasteiger partial charge < -0.3 is 15.1 Å². The molecule has 42 heavy (non-hydrogen) atoms. The minimum Gasteiger partial charge on any atom is -0.478 e. The van der Waals surface area contributed by atoms with Crippen LogP contribution in [0, 0.1) is 12.8 Å². The molecule has 230 valence electrons. The molecule has 2 heterocycles. The van der Waals surface area contributed by atoms with E-state index in [1.54, 1.807) is 36.2 Å². The van der Waals surface area contributed by atoms with Gasteiger partial charge in [0.15, 0.2) is 0 Å². The number of hydrogen-bond donors (Lipinski definition) is 3. The fraction of sp³-hybridized carbons (Fsp3) is 0.407. The topological polar surface area (TPSA) is 155 Å². The quantitative estimate of drug-likeness (QED) is 0.272. The van der Waals surface area contributed by atoms with Crippen molar-refractivity contribution in [1.29, 1.82) is 0 Å². The van der Waals surface area contributed by atoms with Gasteiger partial charge in [-0.2, -0.15) is 18.3 Å². The molecule has 3 N–H and O–H groups in total. The summed E-state index contributed by atoms with van der Waals surface area (Å²) in [6, 6.07) is 9.93. The molecule has 0 amide bonds. The van der Waals surface area contributed by atoms with E-state index in [0.29, 0.717) is 12.5 Å². The van der Waals surface area contributed by atoms with Gasteiger partial charge in [-0.1, -0.05) is 32.9 Å². The number of nitrogens with one attached hydrogen (secondary N) is 1. The molecule has 3 rings (SSSR count). The van der Waals surface area contributed by atoms with Gasteiger partial charge in [-0.15, -0.1) is 0 Å². The maximum atomic E-state index is 12.9. The van der Waals surface area contributed by atoms with Gasteiger partial charge in [0.05, 0.1) is 34.7 Å². The number of pyridine rings is 1. The highest BCUT2D eigenvalue weighted by atomic mass is 32.2. The van der Waals surface area contributed by atoms with Crippen molar-refractivity contribution in [2.24, 2.45) is 5.92 Å². The Labute approximate surface area is 242 Å². The van der Waals surface area contributed by atoms with E-state index in [1.165, 1.54) is 12.3 Å². The number of nitrogens with zero attached hydrogens (tertiary/aromatic N) is 4. The molecule has 0 bridgehead atoms. The van der Waals surface area contributed by atoms with Crippen LogP contribution < -0.4 is 9.62 Å². The summed E-state index contributed by atoms with van der Waals surface area (Å²) in [6.45, 7) is 9.34. The predicted molar refractivity (Wildman–Crippen MR) is 150 cm³/mol. The Balaban J connectivity index is 0.000000782. The SMILES string of the molecule is CCCn1nc(C)cc1CN(C)c1ncc(NS(=O)(=O)c2ccc(CC(C)C)cc2)cc1C(=O)O.O=C(O)C(F)(F)F. The van der Waals surface area contributed by atoms with Crippen molar-refractivity contribution in [1.82, 2.24) is 14.8 Å². The minimum atomic E-state index is -5.08. The summed E-state index contributed by atoms with van der Waals surface area (Å²) < 4.78 is 61.8. The number of halogens is 3. The molecule has 3 aromatic rings. The summed E-state index contributed by atoms with van der Waals surface area (Å²) in [6.07, 6.45) is -1.98. The zero-order valence-corrected chi connectivity index (χ0v) is 24.6. The number of aromatic carboxylic acids is 1. The number of rotatable bonds is 11. The highest BCUT2D eigenvalue weighted by Gasteiger charge is 2.38. The molecule has 2 aromatic heterocycles. The van der Waals surface area contributed by atoms with E-state index in [-0.39, 0.29) is 22.0 Å². The Morgan fingerprint density at radius 3 is 2.21 bits per heavy atom. The van der Waals surface area contributed by atoms with Crippen LogP contribution in [0.3, 0.4) is 0 Å². The second-order valence-electron chi connectivity index (χ2n) is 9.91. The number of aryl methyl sites for hydroxylation is 2. The average molecular weight is 614 g/mol. The first kappa shape index (κ1) is 34.1. The van der Waals surface area contributed by atoms with Crippen LogP contribution in [0.2, 0.25) is 0 Å². The lowest BCUT2D eigenvalue weighted by atomic mass is 10.0. The van der Waals surface area contributed by atoms with Crippen molar-refractivity contribution in [3.63, 3.8) is 0 Å². The van der Waals surface area contributed by atoms with E-state index >= 15 is 0 Å². The summed E-state index contributed by atoms with van der Waals surface area (Å²) in [4.78, 5) is 27.0. The smallest absolute Gasteiger partial charge is 0.478 e. The molecule has 0 unspecified atom stereocenters. The van der Waals surface area contributed by atoms with E-state index < -0.39 is 28.1 Å². The van der Waals surface area contributed by atoms with Gasteiger partial charge >= 0.3 is 18.1 Å². The van der Waals surface area contributed by atoms with E-state index in [1.807, 2.05) is 17.7 Å². The predicted octanol–water partition coefficient (Wildman–Crippen LogP) is 4.96. The molecule has 0 atom stereocenters. The first-order valence-corrected chi connectivity index (χ1v) is 14.3. The van der Waals surface area contributed by atoms with Crippen LogP contribution in [0.15, 0.2) is 47.5 Å². The number of sulfonamides is 1. The fourth-order valence-corrected chi connectivity index (χ4v) is 4.95. The summed E-state index contributed by atoms with van der Waals surface area (Å²) >= 11 is 0. The molecule has 0 fully saturated rings. The summed E-state index contributed by atoms with van der Waals surface area (Å²) in [5, 5.41) is 21.4. The third kappa shape index (κ3) is 9.75. The van der Waals surface area contributed by atoms with Gasteiger partial charge in [-0.3, -0.25) is 9.40 Å². The normalized spacial score (nSPS) is 11.5. The van der Waals surface area contributed by atoms with E-state index in [2.05, 4.69) is 35.6 Å². The maximum Gasteiger partial charge on any atom is 0.490 e. The maximum absolute atomic E-state index is 12.9. The van der Waals surface area contributed by atoms with Gasteiger partial charge in [-0.25, -0.2) is 23.0 Å². The molecule has 0 saturated heterocycles. The zero-order chi connectivity index (χ0) is 31.8. The van der Waals surface area contributed by atoms with Gasteiger partial charge in [0.25, 0.3) is 10.0 Å². The van der Waals surface area contributed by atoms with Crippen molar-refractivity contribution in [2.45, 2.75) is 64.7 Å².